The van der Waals surface area contributed by atoms with Crippen LogP contribution >= 0.6 is 0 Å². The third-order valence-electron chi connectivity index (χ3n) is 2.40. The maximum atomic E-state index is 10.7. The van der Waals surface area contributed by atoms with Crippen LogP contribution in [0.4, 0.5) is 0 Å². The second kappa shape index (κ2) is 4.82. The number of fused-ring (bicyclic) bond motifs is 1. The van der Waals surface area contributed by atoms with Crippen molar-refractivity contribution >= 4 is 23.0 Å². The minimum Gasteiger partial charge on any atom is -0.353 e. The molecule has 2 aromatic rings. The van der Waals surface area contributed by atoms with Gasteiger partial charge in [0, 0.05) is 13.5 Å². The normalized spacial score (nSPS) is 11.2. The Morgan fingerprint density at radius 3 is 3.12 bits per heavy atom. The molecule has 0 aliphatic rings. The fourth-order valence-corrected chi connectivity index (χ4v) is 1.66. The van der Waals surface area contributed by atoms with Crippen LogP contribution < -0.4 is 5.32 Å². The molecule has 0 atom stereocenters. The Bertz CT molecular complexity index is 569. The largest absolute Gasteiger partial charge is 0.353 e. The quantitative estimate of drug-likeness (QED) is 0.846. The van der Waals surface area contributed by atoms with Crippen molar-refractivity contribution in [2.24, 2.45) is 0 Å². The molecule has 88 valence electrons. The molecule has 1 aromatic carbocycles. The molecule has 17 heavy (non-hydrogen) atoms. The lowest BCUT2D eigenvalue weighted by Crippen LogP contribution is -2.19. The van der Waals surface area contributed by atoms with Crippen LogP contribution in [0.5, 0.6) is 0 Å². The van der Waals surface area contributed by atoms with Crippen molar-refractivity contribution < 1.29 is 4.79 Å². The van der Waals surface area contributed by atoms with Gasteiger partial charge in [-0.05, 0) is 24.6 Å². The highest BCUT2D eigenvalue weighted by Crippen LogP contribution is 2.14. The molecule has 0 aliphatic carbocycles. The van der Waals surface area contributed by atoms with E-state index in [1.165, 1.54) is 6.92 Å². The SMILES string of the molecule is CC(=O)NCC=Cc1ccc2nc(C)[nH]c2c1. The zero-order chi connectivity index (χ0) is 12.3. The average Bonchev–Trinajstić information content (AvgIpc) is 2.63. The van der Waals surface area contributed by atoms with Gasteiger partial charge < -0.3 is 10.3 Å². The monoisotopic (exact) mass is 229 g/mol. The van der Waals surface area contributed by atoms with E-state index in [2.05, 4.69) is 15.3 Å². The van der Waals surface area contributed by atoms with E-state index in [9.17, 15) is 4.79 Å². The van der Waals surface area contributed by atoms with Crippen LogP contribution in [0.1, 0.15) is 18.3 Å². The van der Waals surface area contributed by atoms with Gasteiger partial charge in [0.25, 0.3) is 0 Å². The number of rotatable bonds is 3. The van der Waals surface area contributed by atoms with Gasteiger partial charge in [0.15, 0.2) is 0 Å². The van der Waals surface area contributed by atoms with Crippen molar-refractivity contribution in [3.05, 3.63) is 35.7 Å². The summed E-state index contributed by atoms with van der Waals surface area (Å²) in [5, 5.41) is 2.71. The predicted molar refractivity (Wildman–Crippen MR) is 68.5 cm³/mol. The van der Waals surface area contributed by atoms with E-state index in [0.717, 1.165) is 22.4 Å². The van der Waals surface area contributed by atoms with Gasteiger partial charge >= 0.3 is 0 Å². The van der Waals surface area contributed by atoms with Gasteiger partial charge in [0.05, 0.1) is 11.0 Å². The number of aryl methyl sites for hydroxylation is 1. The van der Waals surface area contributed by atoms with Crippen LogP contribution in [-0.4, -0.2) is 22.4 Å². The average molecular weight is 229 g/mol. The maximum absolute atomic E-state index is 10.7. The van der Waals surface area contributed by atoms with Crippen LogP contribution in [0.3, 0.4) is 0 Å². The number of carbonyl (C=O) groups excluding carboxylic acids is 1. The molecule has 2 N–H and O–H groups in total. The summed E-state index contributed by atoms with van der Waals surface area (Å²) >= 11 is 0. The number of amides is 1. The number of nitrogens with zero attached hydrogens (tertiary/aromatic N) is 1. The molecule has 0 spiro atoms. The third kappa shape index (κ3) is 2.93. The van der Waals surface area contributed by atoms with E-state index in [-0.39, 0.29) is 5.91 Å². The molecule has 0 radical (unpaired) electrons. The summed E-state index contributed by atoms with van der Waals surface area (Å²) in [7, 11) is 0. The van der Waals surface area contributed by atoms with Gasteiger partial charge in [0.1, 0.15) is 5.82 Å². The number of aromatic nitrogens is 2. The van der Waals surface area contributed by atoms with Crippen molar-refractivity contribution in [1.29, 1.82) is 0 Å². The summed E-state index contributed by atoms with van der Waals surface area (Å²) < 4.78 is 0. The first-order valence-electron chi connectivity index (χ1n) is 5.52. The number of hydrogen-bond acceptors (Lipinski definition) is 2. The Morgan fingerprint density at radius 2 is 2.35 bits per heavy atom. The molecule has 0 fully saturated rings. The highest BCUT2D eigenvalue weighted by molar-refractivity contribution is 5.78. The van der Waals surface area contributed by atoms with E-state index in [1.807, 2.05) is 37.3 Å². The summed E-state index contributed by atoms with van der Waals surface area (Å²) in [6, 6.07) is 6.03. The van der Waals surface area contributed by atoms with Crippen LogP contribution in [0.2, 0.25) is 0 Å². The lowest BCUT2D eigenvalue weighted by molar-refractivity contribution is -0.118. The lowest BCUT2D eigenvalue weighted by atomic mass is 10.2. The Labute approximate surface area is 99.8 Å². The molecule has 0 bridgehead atoms. The summed E-state index contributed by atoms with van der Waals surface area (Å²) in [5.41, 5.74) is 3.09. The van der Waals surface area contributed by atoms with Gasteiger partial charge in [-0.25, -0.2) is 4.98 Å². The molecule has 1 heterocycles. The zero-order valence-electron chi connectivity index (χ0n) is 9.95. The molecule has 0 aliphatic heterocycles. The molecular formula is C13H15N3O. The van der Waals surface area contributed by atoms with E-state index in [4.69, 9.17) is 0 Å². The van der Waals surface area contributed by atoms with E-state index in [1.54, 1.807) is 0 Å². The smallest absolute Gasteiger partial charge is 0.217 e. The van der Waals surface area contributed by atoms with Crippen LogP contribution in [0.15, 0.2) is 24.3 Å². The molecular weight excluding hydrogens is 214 g/mol. The Kier molecular flexibility index (Phi) is 3.23. The molecule has 1 aromatic heterocycles. The number of hydrogen-bond donors (Lipinski definition) is 2. The zero-order valence-corrected chi connectivity index (χ0v) is 9.95. The summed E-state index contributed by atoms with van der Waals surface area (Å²) in [4.78, 5) is 18.2. The molecule has 2 rings (SSSR count). The first-order valence-corrected chi connectivity index (χ1v) is 5.52. The standard InChI is InChI=1S/C13H15N3O/c1-9-15-12-6-5-11(8-13(12)16-9)4-3-7-14-10(2)17/h3-6,8H,7H2,1-2H3,(H,14,17)(H,15,16). The van der Waals surface area contributed by atoms with Crippen molar-refractivity contribution in [2.45, 2.75) is 13.8 Å². The Morgan fingerprint density at radius 1 is 1.53 bits per heavy atom. The maximum Gasteiger partial charge on any atom is 0.217 e. The van der Waals surface area contributed by atoms with Crippen molar-refractivity contribution in [1.82, 2.24) is 15.3 Å². The lowest BCUT2D eigenvalue weighted by Gasteiger charge is -1.96. The second-order valence-electron chi connectivity index (χ2n) is 3.94. The number of benzene rings is 1. The van der Waals surface area contributed by atoms with Crippen molar-refractivity contribution in [3.63, 3.8) is 0 Å². The first kappa shape index (κ1) is 11.4. The van der Waals surface area contributed by atoms with Crippen LogP contribution in [0, 0.1) is 6.92 Å². The number of aromatic amines is 1. The minimum atomic E-state index is -0.0192. The first-order chi connectivity index (χ1) is 8.15. The van der Waals surface area contributed by atoms with Gasteiger partial charge in [-0.2, -0.15) is 0 Å². The molecule has 0 saturated carbocycles. The predicted octanol–water partition coefficient (Wildman–Crippen LogP) is 2.02. The second-order valence-corrected chi connectivity index (χ2v) is 3.94. The number of imidazole rings is 1. The Balaban J connectivity index is 2.10. The molecule has 0 unspecified atom stereocenters. The van der Waals surface area contributed by atoms with Crippen LogP contribution in [-0.2, 0) is 4.79 Å². The highest BCUT2D eigenvalue weighted by atomic mass is 16.1. The molecule has 0 saturated heterocycles. The molecule has 1 amide bonds. The summed E-state index contributed by atoms with van der Waals surface area (Å²) in [5.74, 6) is 0.897. The van der Waals surface area contributed by atoms with Crippen LogP contribution in [0.25, 0.3) is 17.1 Å². The van der Waals surface area contributed by atoms with E-state index < -0.39 is 0 Å². The highest BCUT2D eigenvalue weighted by Gasteiger charge is 1.98. The fraction of sp³-hybridized carbons (Fsp3) is 0.231. The van der Waals surface area contributed by atoms with E-state index >= 15 is 0 Å². The molecule has 4 nitrogen and oxygen atoms in total. The Hall–Kier alpha value is -2.10. The molecule has 4 heteroatoms. The van der Waals surface area contributed by atoms with Gasteiger partial charge in [-0.3, -0.25) is 4.79 Å². The summed E-state index contributed by atoms with van der Waals surface area (Å²) in [6.07, 6.45) is 3.90. The fourth-order valence-electron chi connectivity index (χ4n) is 1.66. The van der Waals surface area contributed by atoms with E-state index in [0.29, 0.717) is 6.54 Å². The summed E-state index contributed by atoms with van der Waals surface area (Å²) in [6.45, 7) is 3.99. The van der Waals surface area contributed by atoms with Gasteiger partial charge in [-0.1, -0.05) is 18.2 Å². The number of H-pyrrole nitrogens is 1. The number of nitrogens with one attached hydrogen (secondary N) is 2. The van der Waals surface area contributed by atoms with Crippen molar-refractivity contribution in [2.75, 3.05) is 6.54 Å². The van der Waals surface area contributed by atoms with Gasteiger partial charge in [0.2, 0.25) is 5.91 Å². The minimum absolute atomic E-state index is 0.0192. The van der Waals surface area contributed by atoms with Crippen molar-refractivity contribution in [3.8, 4) is 0 Å². The van der Waals surface area contributed by atoms with Gasteiger partial charge in [-0.15, -0.1) is 0 Å². The number of carbonyl (C=O) groups is 1. The topological polar surface area (TPSA) is 57.8 Å². The third-order valence-corrected chi connectivity index (χ3v) is 2.40.